The van der Waals surface area contributed by atoms with E-state index in [2.05, 4.69) is 39.8 Å². The van der Waals surface area contributed by atoms with Crippen LogP contribution < -0.4 is 0 Å². The summed E-state index contributed by atoms with van der Waals surface area (Å²) in [5.41, 5.74) is 5.57. The number of ketones is 1. The molecule has 0 radical (unpaired) electrons. The van der Waals surface area contributed by atoms with Crippen molar-refractivity contribution in [2.24, 2.45) is 0 Å². The summed E-state index contributed by atoms with van der Waals surface area (Å²) in [6, 6.07) is 14.3. The predicted octanol–water partition coefficient (Wildman–Crippen LogP) is 5.95. The summed E-state index contributed by atoms with van der Waals surface area (Å²) in [6.07, 6.45) is 4.27. The van der Waals surface area contributed by atoms with Crippen molar-refractivity contribution in [1.82, 2.24) is 0 Å². The number of benzene rings is 2. The maximum Gasteiger partial charge on any atom is 0.193 e. The lowest BCUT2D eigenvalue weighted by atomic mass is 9.87. The van der Waals surface area contributed by atoms with Crippen molar-refractivity contribution >= 4 is 5.78 Å². The maximum atomic E-state index is 12.7. The van der Waals surface area contributed by atoms with Crippen LogP contribution in [-0.2, 0) is 12.8 Å². The average Bonchev–Trinajstić information content (AvgIpc) is 2.62. The first-order valence-corrected chi connectivity index (χ1v) is 8.90. The molecule has 0 saturated carbocycles. The first kappa shape index (κ1) is 17.5. The predicted molar refractivity (Wildman–Crippen MR) is 98.4 cm³/mol. The van der Waals surface area contributed by atoms with Crippen LogP contribution in [0.4, 0.5) is 0 Å². The van der Waals surface area contributed by atoms with E-state index in [0.717, 1.165) is 36.8 Å². The molecule has 0 N–H and O–H groups in total. The molecular weight excluding hydrogens is 280 g/mol. The van der Waals surface area contributed by atoms with E-state index in [-0.39, 0.29) is 5.78 Å². The first-order chi connectivity index (χ1) is 11.1. The molecule has 2 aromatic rings. The Morgan fingerprint density at radius 1 is 0.826 bits per heavy atom. The molecule has 0 bridgehead atoms. The summed E-state index contributed by atoms with van der Waals surface area (Å²) in [5.74, 6) is 0.719. The van der Waals surface area contributed by atoms with Gasteiger partial charge in [-0.15, -0.1) is 0 Å². The van der Waals surface area contributed by atoms with Crippen LogP contribution in [0.1, 0.15) is 79.1 Å². The van der Waals surface area contributed by atoms with Crippen molar-refractivity contribution in [3.05, 3.63) is 70.3 Å². The summed E-state index contributed by atoms with van der Waals surface area (Å²) in [4.78, 5) is 12.7. The van der Waals surface area contributed by atoms with Gasteiger partial charge in [-0.25, -0.2) is 0 Å². The van der Waals surface area contributed by atoms with Crippen LogP contribution >= 0.6 is 0 Å². The lowest BCUT2D eigenvalue weighted by Gasteiger charge is -2.18. The number of aryl methyl sites for hydroxylation is 2. The molecule has 2 aromatic carbocycles. The van der Waals surface area contributed by atoms with Gasteiger partial charge in [0.25, 0.3) is 0 Å². The van der Waals surface area contributed by atoms with E-state index in [0.29, 0.717) is 5.92 Å². The molecule has 0 aliphatic carbocycles. The average molecular weight is 308 g/mol. The Bertz CT molecular complexity index is 648. The molecular formula is C22H28O. The Hall–Kier alpha value is -1.89. The minimum Gasteiger partial charge on any atom is -0.289 e. The van der Waals surface area contributed by atoms with Gasteiger partial charge in [0, 0.05) is 11.1 Å². The summed E-state index contributed by atoms with van der Waals surface area (Å²) < 4.78 is 0. The molecule has 23 heavy (non-hydrogen) atoms. The SMILES string of the molecule is CCc1ccc(C(=O)c2ccc(C(CC)CC)c(CC)c2)cc1. The zero-order valence-corrected chi connectivity index (χ0v) is 14.9. The van der Waals surface area contributed by atoms with E-state index in [1.807, 2.05) is 30.3 Å². The summed E-state index contributed by atoms with van der Waals surface area (Å²) in [5, 5.41) is 0. The maximum absolute atomic E-state index is 12.7. The molecule has 0 aromatic heterocycles. The van der Waals surface area contributed by atoms with Crippen LogP contribution in [0.3, 0.4) is 0 Å². The number of carbonyl (C=O) groups is 1. The molecule has 0 saturated heterocycles. The van der Waals surface area contributed by atoms with Gasteiger partial charge in [-0.3, -0.25) is 4.79 Å². The van der Waals surface area contributed by atoms with Gasteiger partial charge in [-0.05, 0) is 54.4 Å². The van der Waals surface area contributed by atoms with Crippen LogP contribution in [-0.4, -0.2) is 5.78 Å². The fourth-order valence-electron chi connectivity index (χ4n) is 3.24. The van der Waals surface area contributed by atoms with Gasteiger partial charge < -0.3 is 0 Å². The lowest BCUT2D eigenvalue weighted by molar-refractivity contribution is 0.103. The molecule has 2 rings (SSSR count). The van der Waals surface area contributed by atoms with Gasteiger partial charge in [0.2, 0.25) is 0 Å². The van der Waals surface area contributed by atoms with E-state index < -0.39 is 0 Å². The van der Waals surface area contributed by atoms with Crippen molar-refractivity contribution in [2.45, 2.75) is 59.3 Å². The summed E-state index contributed by atoms with van der Waals surface area (Å²) in [6.45, 7) is 8.77. The fourth-order valence-corrected chi connectivity index (χ4v) is 3.24. The summed E-state index contributed by atoms with van der Waals surface area (Å²) >= 11 is 0. The van der Waals surface area contributed by atoms with Crippen molar-refractivity contribution in [3.8, 4) is 0 Å². The van der Waals surface area contributed by atoms with Gasteiger partial charge >= 0.3 is 0 Å². The number of hydrogen-bond acceptors (Lipinski definition) is 1. The van der Waals surface area contributed by atoms with E-state index >= 15 is 0 Å². The largest absolute Gasteiger partial charge is 0.289 e. The first-order valence-electron chi connectivity index (χ1n) is 8.90. The van der Waals surface area contributed by atoms with Crippen LogP contribution in [0.2, 0.25) is 0 Å². The number of hydrogen-bond donors (Lipinski definition) is 0. The fraction of sp³-hybridized carbons (Fsp3) is 0.409. The van der Waals surface area contributed by atoms with Gasteiger partial charge in [0.15, 0.2) is 5.78 Å². The second kappa shape index (κ2) is 8.10. The third-order valence-corrected chi connectivity index (χ3v) is 4.84. The standard InChI is InChI=1S/C22H28O/c1-5-16-9-11-19(12-10-16)22(23)20-13-14-21(17(6-2)7-3)18(8-4)15-20/h9-15,17H,5-8H2,1-4H3. The minimum absolute atomic E-state index is 0.124. The van der Waals surface area contributed by atoms with Gasteiger partial charge in [-0.1, -0.05) is 64.1 Å². The molecule has 0 spiro atoms. The molecule has 0 unspecified atom stereocenters. The number of rotatable bonds is 7. The highest BCUT2D eigenvalue weighted by Crippen LogP contribution is 2.28. The quantitative estimate of drug-likeness (QED) is 0.578. The van der Waals surface area contributed by atoms with Crippen molar-refractivity contribution in [1.29, 1.82) is 0 Å². The second-order valence-corrected chi connectivity index (χ2v) is 6.16. The molecule has 0 fully saturated rings. The molecule has 122 valence electrons. The third-order valence-electron chi connectivity index (χ3n) is 4.84. The van der Waals surface area contributed by atoms with E-state index in [9.17, 15) is 4.79 Å². The Balaban J connectivity index is 2.33. The van der Waals surface area contributed by atoms with E-state index in [4.69, 9.17) is 0 Å². The van der Waals surface area contributed by atoms with Crippen molar-refractivity contribution < 1.29 is 4.79 Å². The van der Waals surface area contributed by atoms with Crippen LogP contribution in [0, 0.1) is 0 Å². The van der Waals surface area contributed by atoms with Crippen molar-refractivity contribution in [3.63, 3.8) is 0 Å². The van der Waals surface area contributed by atoms with E-state index in [1.165, 1.54) is 16.7 Å². The zero-order chi connectivity index (χ0) is 16.8. The van der Waals surface area contributed by atoms with Gasteiger partial charge in [-0.2, -0.15) is 0 Å². The Kier molecular flexibility index (Phi) is 6.15. The minimum atomic E-state index is 0.124. The molecule has 0 aliphatic rings. The Morgan fingerprint density at radius 3 is 1.96 bits per heavy atom. The van der Waals surface area contributed by atoms with Gasteiger partial charge in [0.05, 0.1) is 0 Å². The normalized spacial score (nSPS) is 11.0. The number of carbonyl (C=O) groups excluding carboxylic acids is 1. The molecule has 0 atom stereocenters. The van der Waals surface area contributed by atoms with Crippen molar-refractivity contribution in [2.75, 3.05) is 0 Å². The molecule has 0 aliphatic heterocycles. The van der Waals surface area contributed by atoms with Gasteiger partial charge in [0.1, 0.15) is 0 Å². The highest BCUT2D eigenvalue weighted by Gasteiger charge is 2.15. The van der Waals surface area contributed by atoms with Crippen LogP contribution in [0.25, 0.3) is 0 Å². The topological polar surface area (TPSA) is 17.1 Å². The highest BCUT2D eigenvalue weighted by molar-refractivity contribution is 6.09. The summed E-state index contributed by atoms with van der Waals surface area (Å²) in [7, 11) is 0. The molecule has 1 heteroatoms. The van der Waals surface area contributed by atoms with Crippen LogP contribution in [0.15, 0.2) is 42.5 Å². The highest BCUT2D eigenvalue weighted by atomic mass is 16.1. The Morgan fingerprint density at radius 2 is 1.43 bits per heavy atom. The van der Waals surface area contributed by atoms with Crippen LogP contribution in [0.5, 0.6) is 0 Å². The zero-order valence-electron chi connectivity index (χ0n) is 14.9. The van der Waals surface area contributed by atoms with E-state index in [1.54, 1.807) is 0 Å². The molecule has 1 nitrogen and oxygen atoms in total. The Labute approximate surface area is 140 Å². The molecule has 0 heterocycles. The lowest BCUT2D eigenvalue weighted by Crippen LogP contribution is -2.06. The second-order valence-electron chi connectivity index (χ2n) is 6.16. The molecule has 0 amide bonds. The smallest absolute Gasteiger partial charge is 0.193 e. The monoisotopic (exact) mass is 308 g/mol. The third kappa shape index (κ3) is 3.90.